The Morgan fingerprint density at radius 2 is 2.06 bits per heavy atom. The van der Waals surface area contributed by atoms with Crippen LogP contribution in [0.2, 0.25) is 0 Å². The summed E-state index contributed by atoms with van der Waals surface area (Å²) in [5.74, 6) is -0.280. The molecule has 0 bridgehead atoms. The molecule has 166 valence electrons. The number of amides is 1. The molecule has 2 aromatic rings. The Kier molecular flexibility index (Phi) is 5.06. The maximum atomic E-state index is 14.3. The van der Waals surface area contributed by atoms with Crippen LogP contribution in [0.25, 0.3) is 10.9 Å². The van der Waals surface area contributed by atoms with Gasteiger partial charge in [0.15, 0.2) is 0 Å². The van der Waals surface area contributed by atoms with Crippen LogP contribution >= 0.6 is 0 Å². The highest BCUT2D eigenvalue weighted by Crippen LogP contribution is 2.44. The summed E-state index contributed by atoms with van der Waals surface area (Å²) in [4.78, 5) is 31.1. The molecule has 31 heavy (non-hydrogen) atoms. The minimum Gasteiger partial charge on any atom is -0.483 e. The van der Waals surface area contributed by atoms with Gasteiger partial charge in [-0.3, -0.25) is 4.90 Å². The number of halogens is 1. The Labute approximate surface area is 180 Å². The van der Waals surface area contributed by atoms with Gasteiger partial charge < -0.3 is 14.2 Å². The molecule has 7 nitrogen and oxygen atoms in total. The molecule has 3 heterocycles. The topological polar surface area (TPSA) is 78.0 Å². The molecule has 1 saturated heterocycles. The lowest BCUT2D eigenvalue weighted by atomic mass is 9.87. The molecule has 2 atom stereocenters. The molecule has 1 amide bonds. The zero-order valence-corrected chi connectivity index (χ0v) is 18.5. The minimum absolute atomic E-state index is 0.196. The van der Waals surface area contributed by atoms with Crippen molar-refractivity contribution in [2.45, 2.75) is 64.2 Å². The van der Waals surface area contributed by atoms with Crippen molar-refractivity contribution in [3.63, 3.8) is 0 Å². The highest BCUT2D eigenvalue weighted by atomic mass is 19.1. The van der Waals surface area contributed by atoms with Gasteiger partial charge >= 0.3 is 12.1 Å². The first kappa shape index (κ1) is 21.3. The van der Waals surface area contributed by atoms with Crippen LogP contribution in [0.4, 0.5) is 9.18 Å². The molecule has 2 aliphatic heterocycles. The standard InChI is InChI=1S/C23H27FN2O5/c1-13-19-15(14-7-6-8-16(24)18(14)25-13)9-10-23(30-19)11-17(20(27)29-5)26(12-23)21(28)31-22(2,3)4/h6-8,17H,9-12H2,1-5H3/t17-,23-/m0/s1. The zero-order chi connectivity index (χ0) is 22.6. The highest BCUT2D eigenvalue weighted by Gasteiger charge is 2.53. The molecule has 1 spiro atoms. The molecule has 0 radical (unpaired) electrons. The summed E-state index contributed by atoms with van der Waals surface area (Å²) in [6, 6.07) is 4.09. The molecule has 0 unspecified atom stereocenters. The van der Waals surface area contributed by atoms with Crippen molar-refractivity contribution in [1.82, 2.24) is 9.88 Å². The van der Waals surface area contributed by atoms with Crippen molar-refractivity contribution >= 4 is 23.0 Å². The van der Waals surface area contributed by atoms with Crippen LogP contribution in [-0.2, 0) is 20.7 Å². The Bertz CT molecular complexity index is 1060. The van der Waals surface area contributed by atoms with Gasteiger partial charge in [-0.05, 0) is 46.6 Å². The predicted molar refractivity (Wildman–Crippen MR) is 111 cm³/mol. The van der Waals surface area contributed by atoms with E-state index < -0.39 is 29.3 Å². The second-order valence-electron chi connectivity index (χ2n) is 9.28. The van der Waals surface area contributed by atoms with Gasteiger partial charge in [-0.2, -0.15) is 0 Å². The Morgan fingerprint density at radius 3 is 2.74 bits per heavy atom. The first-order valence-electron chi connectivity index (χ1n) is 10.4. The Hall–Kier alpha value is -2.90. The van der Waals surface area contributed by atoms with Gasteiger partial charge in [0, 0.05) is 17.4 Å². The molecule has 2 aliphatic rings. The first-order chi connectivity index (χ1) is 14.5. The summed E-state index contributed by atoms with van der Waals surface area (Å²) in [5, 5.41) is 0.724. The number of likely N-dealkylation sites (tertiary alicyclic amines) is 1. The fourth-order valence-electron chi connectivity index (χ4n) is 4.50. The molecule has 8 heteroatoms. The highest BCUT2D eigenvalue weighted by molar-refractivity contribution is 5.86. The number of rotatable bonds is 1. The van der Waals surface area contributed by atoms with Crippen LogP contribution in [-0.4, -0.2) is 52.8 Å². The van der Waals surface area contributed by atoms with E-state index in [1.807, 2.05) is 6.07 Å². The summed E-state index contributed by atoms with van der Waals surface area (Å²) in [6.45, 7) is 7.30. The van der Waals surface area contributed by atoms with Gasteiger partial charge in [0.05, 0.1) is 19.3 Å². The quantitative estimate of drug-likeness (QED) is 0.638. The first-order valence-corrected chi connectivity index (χ1v) is 10.4. The van der Waals surface area contributed by atoms with E-state index in [0.29, 0.717) is 36.2 Å². The van der Waals surface area contributed by atoms with Gasteiger partial charge in [0.2, 0.25) is 0 Å². The molecule has 1 aromatic carbocycles. The lowest BCUT2D eigenvalue weighted by Gasteiger charge is -2.36. The maximum Gasteiger partial charge on any atom is 0.411 e. The van der Waals surface area contributed by atoms with E-state index in [1.165, 1.54) is 18.1 Å². The lowest BCUT2D eigenvalue weighted by Crippen LogP contribution is -2.46. The van der Waals surface area contributed by atoms with Crippen LogP contribution in [0.1, 0.15) is 44.9 Å². The van der Waals surface area contributed by atoms with Gasteiger partial charge in [-0.1, -0.05) is 12.1 Å². The summed E-state index contributed by atoms with van der Waals surface area (Å²) >= 11 is 0. The van der Waals surface area contributed by atoms with E-state index in [9.17, 15) is 14.0 Å². The number of hydrogen-bond donors (Lipinski definition) is 0. The van der Waals surface area contributed by atoms with Crippen molar-refractivity contribution in [3.05, 3.63) is 35.3 Å². The van der Waals surface area contributed by atoms with Crippen LogP contribution in [0, 0.1) is 12.7 Å². The summed E-state index contributed by atoms with van der Waals surface area (Å²) < 4.78 is 31.2. The van der Waals surface area contributed by atoms with E-state index in [4.69, 9.17) is 14.2 Å². The number of methoxy groups -OCH3 is 1. The van der Waals surface area contributed by atoms with Crippen molar-refractivity contribution in [1.29, 1.82) is 0 Å². The zero-order valence-electron chi connectivity index (χ0n) is 18.5. The van der Waals surface area contributed by atoms with Crippen LogP contribution < -0.4 is 4.74 Å². The monoisotopic (exact) mass is 430 g/mol. The van der Waals surface area contributed by atoms with Crippen molar-refractivity contribution < 1.29 is 28.2 Å². The van der Waals surface area contributed by atoms with Gasteiger partial charge in [-0.15, -0.1) is 0 Å². The average molecular weight is 430 g/mol. The summed E-state index contributed by atoms with van der Waals surface area (Å²) in [6.07, 6.45) is 0.903. The molecule has 0 saturated carbocycles. The smallest absolute Gasteiger partial charge is 0.411 e. The fourth-order valence-corrected chi connectivity index (χ4v) is 4.50. The third-order valence-corrected chi connectivity index (χ3v) is 5.84. The number of aryl methyl sites for hydroxylation is 2. The summed E-state index contributed by atoms with van der Waals surface area (Å²) in [7, 11) is 1.30. The fraction of sp³-hybridized carbons (Fsp3) is 0.522. The maximum absolute atomic E-state index is 14.3. The number of fused-ring (bicyclic) bond motifs is 3. The number of aromatic nitrogens is 1. The number of nitrogens with zero attached hydrogens (tertiary/aromatic N) is 2. The van der Waals surface area contributed by atoms with Gasteiger partial charge in [0.1, 0.15) is 34.3 Å². The van der Waals surface area contributed by atoms with E-state index in [1.54, 1.807) is 33.8 Å². The van der Waals surface area contributed by atoms with Crippen LogP contribution in [0.15, 0.2) is 18.2 Å². The number of ether oxygens (including phenoxy) is 3. The van der Waals surface area contributed by atoms with Crippen molar-refractivity contribution in [2.24, 2.45) is 0 Å². The van der Waals surface area contributed by atoms with Crippen molar-refractivity contribution in [2.75, 3.05) is 13.7 Å². The third-order valence-electron chi connectivity index (χ3n) is 5.84. The number of carbonyl (C=O) groups is 2. The van der Waals surface area contributed by atoms with E-state index in [-0.39, 0.29) is 12.4 Å². The van der Waals surface area contributed by atoms with Crippen LogP contribution in [0.5, 0.6) is 5.75 Å². The van der Waals surface area contributed by atoms with Crippen LogP contribution in [0.3, 0.4) is 0 Å². The van der Waals surface area contributed by atoms with Gasteiger partial charge in [0.25, 0.3) is 0 Å². The Balaban J connectivity index is 1.70. The average Bonchev–Trinajstić information content (AvgIpc) is 3.06. The van der Waals surface area contributed by atoms with E-state index in [0.717, 1.165) is 10.9 Å². The lowest BCUT2D eigenvalue weighted by molar-refractivity contribution is -0.145. The normalized spacial score (nSPS) is 22.9. The third kappa shape index (κ3) is 3.79. The molecule has 0 N–H and O–H groups in total. The second-order valence-corrected chi connectivity index (χ2v) is 9.28. The number of esters is 1. The molecular weight excluding hydrogens is 403 g/mol. The molecular formula is C23H27FN2O5. The van der Waals surface area contributed by atoms with Crippen molar-refractivity contribution in [3.8, 4) is 5.75 Å². The number of para-hydroxylation sites is 1. The number of pyridine rings is 1. The van der Waals surface area contributed by atoms with Gasteiger partial charge in [-0.25, -0.2) is 19.0 Å². The number of benzene rings is 1. The Morgan fingerprint density at radius 1 is 1.32 bits per heavy atom. The number of hydrogen-bond acceptors (Lipinski definition) is 6. The number of carbonyl (C=O) groups excluding carboxylic acids is 2. The predicted octanol–water partition coefficient (Wildman–Crippen LogP) is 3.93. The van der Waals surface area contributed by atoms with E-state index >= 15 is 0 Å². The molecule has 4 rings (SSSR count). The summed E-state index contributed by atoms with van der Waals surface area (Å²) in [5.41, 5.74) is 0.343. The molecule has 1 aromatic heterocycles. The van der Waals surface area contributed by atoms with E-state index in [2.05, 4.69) is 4.98 Å². The molecule has 1 fully saturated rings. The minimum atomic E-state index is -0.799. The largest absolute Gasteiger partial charge is 0.483 e. The second kappa shape index (κ2) is 7.35. The SMILES string of the molecule is COC(=O)[C@@H]1C[C@@]2(CCc3c(c(C)nc4c(F)cccc34)O2)CN1C(=O)OC(C)(C)C. The molecule has 0 aliphatic carbocycles.